The van der Waals surface area contributed by atoms with E-state index in [4.69, 9.17) is 0 Å². The Morgan fingerprint density at radius 1 is 1.27 bits per heavy atom. The normalized spacial score (nSPS) is 21.7. The van der Waals surface area contributed by atoms with Crippen molar-refractivity contribution in [2.75, 3.05) is 12.8 Å². The fourth-order valence-electron chi connectivity index (χ4n) is 2.48. The van der Waals surface area contributed by atoms with Gasteiger partial charge in [-0.3, -0.25) is 4.79 Å². The van der Waals surface area contributed by atoms with Crippen LogP contribution in [0.15, 0.2) is 29.2 Å². The van der Waals surface area contributed by atoms with E-state index in [0.29, 0.717) is 11.4 Å². The van der Waals surface area contributed by atoms with Crippen LogP contribution in [0.2, 0.25) is 0 Å². The molecule has 1 fully saturated rings. The fraction of sp³-hybridized carbons (Fsp3) is 0.533. The lowest BCUT2D eigenvalue weighted by atomic mass is 9.90. The van der Waals surface area contributed by atoms with Gasteiger partial charge in [-0.1, -0.05) is 12.1 Å². The van der Waals surface area contributed by atoms with E-state index < -0.39 is 15.4 Å². The maximum Gasteiger partial charge on any atom is 0.240 e. The second-order valence-electron chi connectivity index (χ2n) is 5.81. The molecule has 1 aromatic rings. The first-order valence-corrected chi connectivity index (χ1v) is 9.03. The van der Waals surface area contributed by atoms with Gasteiger partial charge in [0, 0.05) is 12.8 Å². The van der Waals surface area contributed by atoms with Crippen molar-refractivity contribution >= 4 is 28.2 Å². The van der Waals surface area contributed by atoms with Gasteiger partial charge in [0.2, 0.25) is 5.91 Å². The second kappa shape index (κ2) is 7.44. The highest BCUT2D eigenvalue weighted by Crippen LogP contribution is 2.19. The summed E-state index contributed by atoms with van der Waals surface area (Å²) in [6.07, 6.45) is 4.18. The van der Waals surface area contributed by atoms with Gasteiger partial charge in [0.25, 0.3) is 0 Å². The van der Waals surface area contributed by atoms with E-state index in [1.54, 1.807) is 24.3 Å². The zero-order valence-electron chi connectivity index (χ0n) is 12.9. The molecule has 0 bridgehead atoms. The summed E-state index contributed by atoms with van der Waals surface area (Å²) in [7, 11) is -3.18. The number of piperidine rings is 1. The van der Waals surface area contributed by atoms with Crippen LogP contribution in [0.4, 0.5) is 0 Å². The van der Waals surface area contributed by atoms with Crippen molar-refractivity contribution in [2.24, 2.45) is 0 Å². The van der Waals surface area contributed by atoms with E-state index in [1.807, 2.05) is 6.92 Å². The summed E-state index contributed by atoms with van der Waals surface area (Å²) in [5.74, 6) is -0.00519. The molecule has 1 unspecified atom stereocenters. The Kier molecular flexibility index (Phi) is 6.40. The third-order valence-corrected chi connectivity index (χ3v) is 5.05. The lowest BCUT2D eigenvalue weighted by Gasteiger charge is -2.33. The molecule has 0 aromatic heterocycles. The van der Waals surface area contributed by atoms with Gasteiger partial charge < -0.3 is 10.6 Å². The van der Waals surface area contributed by atoms with Gasteiger partial charge in [-0.05, 0) is 50.4 Å². The molecule has 7 heteroatoms. The minimum atomic E-state index is -3.18. The number of benzene rings is 1. The minimum Gasteiger partial charge on any atom is -0.350 e. The maximum absolute atomic E-state index is 12.2. The first kappa shape index (κ1) is 18.9. The Morgan fingerprint density at radius 3 is 2.41 bits per heavy atom. The van der Waals surface area contributed by atoms with Gasteiger partial charge in [0.15, 0.2) is 9.84 Å². The smallest absolute Gasteiger partial charge is 0.240 e. The van der Waals surface area contributed by atoms with Crippen LogP contribution in [-0.2, 0) is 21.2 Å². The van der Waals surface area contributed by atoms with Crippen LogP contribution >= 0.6 is 12.4 Å². The number of carbonyl (C=O) groups is 1. The van der Waals surface area contributed by atoms with E-state index >= 15 is 0 Å². The standard InChI is InChI=1S/C15H22N2O3S.ClH/c1-15(9-3-4-10-17-15)14(18)16-11-12-5-7-13(8-6-12)21(2,19)20;/h5-8,17H,3-4,9-11H2,1-2H3,(H,16,18);1H. The summed E-state index contributed by atoms with van der Waals surface area (Å²) in [4.78, 5) is 12.5. The van der Waals surface area contributed by atoms with Crippen LogP contribution < -0.4 is 10.6 Å². The SMILES string of the molecule is CC1(C(=O)NCc2ccc(S(C)(=O)=O)cc2)CCCCN1.Cl. The maximum atomic E-state index is 12.2. The van der Waals surface area contributed by atoms with Crippen LogP contribution in [0.25, 0.3) is 0 Å². The van der Waals surface area contributed by atoms with E-state index in [9.17, 15) is 13.2 Å². The molecule has 2 N–H and O–H groups in total. The van der Waals surface area contributed by atoms with Crippen LogP contribution in [0.1, 0.15) is 31.7 Å². The quantitative estimate of drug-likeness (QED) is 0.869. The molecular weight excluding hydrogens is 324 g/mol. The summed E-state index contributed by atoms with van der Waals surface area (Å²) >= 11 is 0. The molecule has 22 heavy (non-hydrogen) atoms. The number of sulfone groups is 1. The molecule has 0 radical (unpaired) electrons. The van der Waals surface area contributed by atoms with Gasteiger partial charge in [-0.2, -0.15) is 0 Å². The Hall–Kier alpha value is -1.11. The van der Waals surface area contributed by atoms with Crippen molar-refractivity contribution in [3.63, 3.8) is 0 Å². The van der Waals surface area contributed by atoms with E-state index in [-0.39, 0.29) is 18.3 Å². The molecule has 2 rings (SSSR count). The van der Waals surface area contributed by atoms with Crippen molar-refractivity contribution in [3.8, 4) is 0 Å². The number of hydrogen-bond donors (Lipinski definition) is 2. The predicted octanol–water partition coefficient (Wildman–Crippen LogP) is 1.66. The molecule has 0 aliphatic carbocycles. The van der Waals surface area contributed by atoms with Gasteiger partial charge in [-0.25, -0.2) is 8.42 Å². The first-order valence-electron chi connectivity index (χ1n) is 7.14. The summed E-state index contributed by atoms with van der Waals surface area (Å²) < 4.78 is 22.8. The molecule has 1 saturated heterocycles. The number of amides is 1. The largest absolute Gasteiger partial charge is 0.350 e. The molecule has 1 heterocycles. The van der Waals surface area contributed by atoms with E-state index in [1.165, 1.54) is 6.26 Å². The van der Waals surface area contributed by atoms with Gasteiger partial charge in [-0.15, -0.1) is 12.4 Å². The van der Waals surface area contributed by atoms with Crippen LogP contribution in [-0.4, -0.2) is 32.7 Å². The number of carbonyl (C=O) groups excluding carboxylic acids is 1. The van der Waals surface area contributed by atoms with Gasteiger partial charge in [0.1, 0.15) is 0 Å². The third-order valence-electron chi connectivity index (χ3n) is 3.92. The number of nitrogens with one attached hydrogen (secondary N) is 2. The monoisotopic (exact) mass is 346 g/mol. The molecule has 124 valence electrons. The molecule has 1 atom stereocenters. The number of rotatable bonds is 4. The van der Waals surface area contributed by atoms with Crippen molar-refractivity contribution in [1.82, 2.24) is 10.6 Å². The highest BCUT2D eigenvalue weighted by atomic mass is 35.5. The molecule has 5 nitrogen and oxygen atoms in total. The Labute approximate surface area is 138 Å². The summed E-state index contributed by atoms with van der Waals surface area (Å²) in [5, 5.41) is 6.19. The van der Waals surface area contributed by atoms with E-state index in [0.717, 1.165) is 31.4 Å². The Balaban J connectivity index is 0.00000242. The van der Waals surface area contributed by atoms with Crippen LogP contribution in [0, 0.1) is 0 Å². The molecular formula is C15H23ClN2O3S. The van der Waals surface area contributed by atoms with Gasteiger partial charge >= 0.3 is 0 Å². The van der Waals surface area contributed by atoms with Gasteiger partial charge in [0.05, 0.1) is 10.4 Å². The minimum absolute atomic E-state index is 0. The highest BCUT2D eigenvalue weighted by molar-refractivity contribution is 7.90. The second-order valence-corrected chi connectivity index (χ2v) is 7.83. The van der Waals surface area contributed by atoms with Crippen molar-refractivity contribution in [1.29, 1.82) is 0 Å². The summed E-state index contributed by atoms with van der Waals surface area (Å²) in [5.41, 5.74) is 0.389. The van der Waals surface area contributed by atoms with Crippen molar-refractivity contribution < 1.29 is 13.2 Å². The molecule has 1 aliphatic rings. The number of halogens is 1. The third kappa shape index (κ3) is 4.69. The highest BCUT2D eigenvalue weighted by Gasteiger charge is 2.33. The Bertz CT molecular complexity index is 608. The first-order chi connectivity index (χ1) is 9.81. The lowest BCUT2D eigenvalue weighted by Crippen LogP contribution is -2.56. The Morgan fingerprint density at radius 2 is 1.91 bits per heavy atom. The predicted molar refractivity (Wildman–Crippen MR) is 88.9 cm³/mol. The molecule has 1 amide bonds. The zero-order valence-corrected chi connectivity index (χ0v) is 14.5. The van der Waals surface area contributed by atoms with Crippen LogP contribution in [0.3, 0.4) is 0 Å². The molecule has 1 aromatic carbocycles. The average molecular weight is 347 g/mol. The topological polar surface area (TPSA) is 75.3 Å². The summed E-state index contributed by atoms with van der Waals surface area (Å²) in [6.45, 7) is 3.20. The fourth-order valence-corrected chi connectivity index (χ4v) is 3.11. The average Bonchev–Trinajstić information content (AvgIpc) is 2.45. The van der Waals surface area contributed by atoms with Crippen molar-refractivity contribution in [3.05, 3.63) is 29.8 Å². The lowest BCUT2D eigenvalue weighted by molar-refractivity contribution is -0.128. The molecule has 0 saturated carbocycles. The summed E-state index contributed by atoms with van der Waals surface area (Å²) in [6, 6.07) is 6.59. The molecule has 0 spiro atoms. The van der Waals surface area contributed by atoms with Crippen molar-refractivity contribution in [2.45, 2.75) is 43.2 Å². The number of hydrogen-bond acceptors (Lipinski definition) is 4. The molecule has 1 aliphatic heterocycles. The van der Waals surface area contributed by atoms with Crippen LogP contribution in [0.5, 0.6) is 0 Å². The zero-order chi connectivity index (χ0) is 15.5. The van der Waals surface area contributed by atoms with E-state index in [2.05, 4.69) is 10.6 Å².